The van der Waals surface area contributed by atoms with Crippen LogP contribution < -0.4 is 5.32 Å². The first-order valence-electron chi connectivity index (χ1n) is 10.0. The van der Waals surface area contributed by atoms with Gasteiger partial charge in [-0.2, -0.15) is 0 Å². The first-order chi connectivity index (χ1) is 15.1. The van der Waals surface area contributed by atoms with Gasteiger partial charge in [0.15, 0.2) is 0 Å². The summed E-state index contributed by atoms with van der Waals surface area (Å²) in [6.45, 7) is 0.840. The molecule has 1 aliphatic heterocycles. The standard InChI is InChI=1S/C24H23FN2O4/c1-30-14-12-27-22(16-8-10-17(25)11-9-16)21(19-6-2-3-7-20(19)24(27)29)23(28)26-15-18-5-4-13-31-18/h2-11,13,21-22H,12,14-15H2,1H3,(H,26,28)/t21-,22-/m0/s1. The molecule has 2 aromatic carbocycles. The van der Waals surface area contributed by atoms with Crippen LogP contribution in [0.3, 0.4) is 0 Å². The first kappa shape index (κ1) is 20.8. The third-order valence-corrected chi connectivity index (χ3v) is 5.49. The molecular formula is C24H23FN2O4. The van der Waals surface area contributed by atoms with Crippen molar-refractivity contribution in [3.8, 4) is 0 Å². The fourth-order valence-electron chi connectivity index (χ4n) is 4.04. The van der Waals surface area contributed by atoms with Crippen LogP contribution in [0.4, 0.5) is 4.39 Å². The number of methoxy groups -OCH3 is 1. The summed E-state index contributed by atoms with van der Waals surface area (Å²) in [5.74, 6) is -0.854. The van der Waals surface area contributed by atoms with E-state index in [4.69, 9.17) is 9.15 Å². The molecule has 2 heterocycles. The molecule has 0 fully saturated rings. The third-order valence-electron chi connectivity index (χ3n) is 5.49. The number of benzene rings is 2. The molecule has 3 aromatic rings. The van der Waals surface area contributed by atoms with Crippen molar-refractivity contribution in [2.45, 2.75) is 18.5 Å². The van der Waals surface area contributed by atoms with Crippen LogP contribution in [0.15, 0.2) is 71.3 Å². The number of amides is 2. The first-order valence-corrected chi connectivity index (χ1v) is 10.0. The molecule has 0 saturated heterocycles. The molecule has 7 heteroatoms. The van der Waals surface area contributed by atoms with Crippen molar-refractivity contribution in [2.75, 3.05) is 20.3 Å². The normalized spacial score (nSPS) is 18.0. The van der Waals surface area contributed by atoms with Crippen LogP contribution in [-0.2, 0) is 16.1 Å². The van der Waals surface area contributed by atoms with Crippen LogP contribution in [0.2, 0.25) is 0 Å². The van der Waals surface area contributed by atoms with Gasteiger partial charge in [-0.3, -0.25) is 9.59 Å². The largest absolute Gasteiger partial charge is 0.467 e. The van der Waals surface area contributed by atoms with Gasteiger partial charge in [0.25, 0.3) is 5.91 Å². The highest BCUT2D eigenvalue weighted by atomic mass is 19.1. The molecule has 1 aromatic heterocycles. The maximum absolute atomic E-state index is 13.6. The monoisotopic (exact) mass is 422 g/mol. The van der Waals surface area contributed by atoms with Crippen molar-refractivity contribution >= 4 is 11.8 Å². The van der Waals surface area contributed by atoms with Crippen molar-refractivity contribution in [1.82, 2.24) is 10.2 Å². The van der Waals surface area contributed by atoms with E-state index in [0.717, 1.165) is 0 Å². The van der Waals surface area contributed by atoms with Gasteiger partial charge in [-0.25, -0.2) is 4.39 Å². The van der Waals surface area contributed by atoms with E-state index < -0.39 is 12.0 Å². The van der Waals surface area contributed by atoms with Gasteiger partial charge in [0.05, 0.1) is 31.4 Å². The number of hydrogen-bond acceptors (Lipinski definition) is 4. The maximum atomic E-state index is 13.6. The lowest BCUT2D eigenvalue weighted by Crippen LogP contribution is -2.48. The smallest absolute Gasteiger partial charge is 0.254 e. The number of carbonyl (C=O) groups excluding carboxylic acids is 2. The maximum Gasteiger partial charge on any atom is 0.254 e. The van der Waals surface area contributed by atoms with E-state index in [9.17, 15) is 14.0 Å². The predicted octanol–water partition coefficient (Wildman–Crippen LogP) is 3.66. The molecule has 31 heavy (non-hydrogen) atoms. The van der Waals surface area contributed by atoms with Gasteiger partial charge < -0.3 is 19.4 Å². The van der Waals surface area contributed by atoms with Crippen molar-refractivity contribution in [3.05, 3.63) is 95.2 Å². The van der Waals surface area contributed by atoms with Crippen LogP contribution in [0.1, 0.15) is 39.2 Å². The van der Waals surface area contributed by atoms with Crippen molar-refractivity contribution in [2.24, 2.45) is 0 Å². The number of furan rings is 1. The molecule has 0 radical (unpaired) electrons. The fourth-order valence-corrected chi connectivity index (χ4v) is 4.04. The Balaban J connectivity index is 1.77. The molecule has 1 N–H and O–H groups in total. The SMILES string of the molecule is COCCN1C(=O)c2ccccc2[C@H](C(=O)NCc2ccco2)[C@@H]1c1ccc(F)cc1. The number of halogens is 1. The Labute approximate surface area is 179 Å². The number of ether oxygens (including phenoxy) is 1. The zero-order valence-corrected chi connectivity index (χ0v) is 17.1. The van der Waals surface area contributed by atoms with Gasteiger partial charge in [-0.15, -0.1) is 0 Å². The Morgan fingerprint density at radius 2 is 1.90 bits per heavy atom. The molecule has 6 nitrogen and oxygen atoms in total. The summed E-state index contributed by atoms with van der Waals surface area (Å²) in [7, 11) is 1.56. The molecule has 4 rings (SSSR count). The number of rotatable bonds is 7. The molecule has 0 bridgehead atoms. The quantitative estimate of drug-likeness (QED) is 0.631. The lowest BCUT2D eigenvalue weighted by atomic mass is 9.79. The van der Waals surface area contributed by atoms with Gasteiger partial charge >= 0.3 is 0 Å². The molecule has 0 aliphatic carbocycles. The van der Waals surface area contributed by atoms with Gasteiger partial charge in [-0.05, 0) is 41.5 Å². The van der Waals surface area contributed by atoms with E-state index in [2.05, 4.69) is 5.32 Å². The summed E-state index contributed by atoms with van der Waals surface area (Å²) in [5.41, 5.74) is 1.81. The van der Waals surface area contributed by atoms with Crippen LogP contribution >= 0.6 is 0 Å². The lowest BCUT2D eigenvalue weighted by molar-refractivity contribution is -0.124. The Kier molecular flexibility index (Phi) is 6.13. The minimum atomic E-state index is -0.675. The summed E-state index contributed by atoms with van der Waals surface area (Å²) in [5, 5.41) is 2.92. The van der Waals surface area contributed by atoms with E-state index in [1.807, 2.05) is 6.07 Å². The zero-order chi connectivity index (χ0) is 21.8. The highest BCUT2D eigenvalue weighted by Crippen LogP contribution is 2.42. The minimum absolute atomic E-state index is 0.183. The summed E-state index contributed by atoms with van der Waals surface area (Å²) >= 11 is 0. The highest BCUT2D eigenvalue weighted by molar-refractivity contribution is 6.01. The Morgan fingerprint density at radius 1 is 1.13 bits per heavy atom. The molecule has 160 valence electrons. The van der Waals surface area contributed by atoms with Crippen LogP contribution in [-0.4, -0.2) is 37.0 Å². The van der Waals surface area contributed by atoms with Crippen LogP contribution in [0, 0.1) is 5.82 Å². The van der Waals surface area contributed by atoms with E-state index in [1.54, 1.807) is 60.7 Å². The topological polar surface area (TPSA) is 71.8 Å². The number of nitrogens with zero attached hydrogens (tertiary/aromatic N) is 1. The second-order valence-electron chi connectivity index (χ2n) is 7.35. The number of hydrogen-bond donors (Lipinski definition) is 1. The Hall–Kier alpha value is -3.45. The second kappa shape index (κ2) is 9.14. The Morgan fingerprint density at radius 3 is 2.61 bits per heavy atom. The number of fused-ring (bicyclic) bond motifs is 1. The average Bonchev–Trinajstić information content (AvgIpc) is 3.31. The summed E-state index contributed by atoms with van der Waals surface area (Å²) in [6.07, 6.45) is 1.55. The van der Waals surface area contributed by atoms with Crippen LogP contribution in [0.25, 0.3) is 0 Å². The van der Waals surface area contributed by atoms with Crippen LogP contribution in [0.5, 0.6) is 0 Å². The lowest BCUT2D eigenvalue weighted by Gasteiger charge is -2.41. The zero-order valence-electron chi connectivity index (χ0n) is 17.1. The van der Waals surface area contributed by atoms with E-state index in [0.29, 0.717) is 35.6 Å². The Bertz CT molecular complexity index is 1050. The fraction of sp³-hybridized carbons (Fsp3) is 0.250. The highest BCUT2D eigenvalue weighted by Gasteiger charge is 2.43. The predicted molar refractivity (Wildman–Crippen MR) is 112 cm³/mol. The molecule has 0 unspecified atom stereocenters. The van der Waals surface area contributed by atoms with Gasteiger partial charge in [0.2, 0.25) is 5.91 Å². The van der Waals surface area contributed by atoms with Gasteiger partial charge in [-0.1, -0.05) is 30.3 Å². The second-order valence-corrected chi connectivity index (χ2v) is 7.35. The molecule has 2 atom stereocenters. The van der Waals surface area contributed by atoms with Crippen molar-refractivity contribution in [3.63, 3.8) is 0 Å². The van der Waals surface area contributed by atoms with Crippen molar-refractivity contribution < 1.29 is 23.1 Å². The van der Waals surface area contributed by atoms with Crippen molar-refractivity contribution in [1.29, 1.82) is 0 Å². The summed E-state index contributed by atoms with van der Waals surface area (Å²) < 4.78 is 24.1. The summed E-state index contributed by atoms with van der Waals surface area (Å²) in [4.78, 5) is 28.4. The van der Waals surface area contributed by atoms with E-state index >= 15 is 0 Å². The molecule has 0 spiro atoms. The van der Waals surface area contributed by atoms with E-state index in [-0.39, 0.29) is 24.2 Å². The average molecular weight is 422 g/mol. The number of nitrogens with one attached hydrogen (secondary N) is 1. The molecular weight excluding hydrogens is 399 g/mol. The molecule has 2 amide bonds. The summed E-state index contributed by atoms with van der Waals surface area (Å²) in [6, 6.07) is 16.0. The van der Waals surface area contributed by atoms with Gasteiger partial charge in [0.1, 0.15) is 11.6 Å². The third kappa shape index (κ3) is 4.22. The number of carbonyl (C=O) groups is 2. The van der Waals surface area contributed by atoms with Gasteiger partial charge in [0, 0.05) is 19.2 Å². The van der Waals surface area contributed by atoms with E-state index in [1.165, 1.54) is 12.1 Å². The molecule has 1 aliphatic rings. The minimum Gasteiger partial charge on any atom is -0.467 e. The molecule has 0 saturated carbocycles.